The van der Waals surface area contributed by atoms with Crippen LogP contribution in [0.1, 0.15) is 25.7 Å². The van der Waals surface area contributed by atoms with E-state index in [1.165, 1.54) is 11.3 Å². The number of amides is 1. The van der Waals surface area contributed by atoms with Crippen molar-refractivity contribution < 1.29 is 18.0 Å². The number of imidazole rings is 1. The molecule has 2 N–H and O–H groups in total. The second-order valence-electron chi connectivity index (χ2n) is 7.86. The summed E-state index contributed by atoms with van der Waals surface area (Å²) in [4.78, 5) is 16.3. The zero-order valence-electron chi connectivity index (χ0n) is 17.3. The van der Waals surface area contributed by atoms with E-state index >= 15 is 0 Å². The third-order valence-corrected chi connectivity index (χ3v) is 6.07. The Kier molecular flexibility index (Phi) is 5.49. The average Bonchev–Trinajstić information content (AvgIpc) is 3.30. The van der Waals surface area contributed by atoms with Gasteiger partial charge in [-0.05, 0) is 37.1 Å². The first-order chi connectivity index (χ1) is 15.8. The maximum Gasteiger partial charge on any atom is 0.389 e. The van der Waals surface area contributed by atoms with Gasteiger partial charge in [0.05, 0.1) is 18.3 Å². The number of fused-ring (bicyclic) bond motifs is 1. The van der Waals surface area contributed by atoms with Crippen LogP contribution in [-0.2, 0) is 4.79 Å². The second-order valence-corrected chi connectivity index (χ2v) is 8.84. The first-order valence-electron chi connectivity index (χ1n) is 10.4. The largest absolute Gasteiger partial charge is 0.389 e. The molecular weight excluding hydrogens is 453 g/mol. The topological polar surface area (TPSA) is 84.2 Å². The molecule has 0 atom stereocenters. The monoisotopic (exact) mass is 472 g/mol. The number of nitrogens with one attached hydrogen (secondary N) is 2. The maximum absolute atomic E-state index is 12.3. The van der Waals surface area contributed by atoms with Crippen molar-refractivity contribution in [1.29, 1.82) is 0 Å². The lowest BCUT2D eigenvalue weighted by atomic mass is 10.1. The molecule has 3 aromatic heterocycles. The molecule has 1 saturated carbocycles. The average molecular weight is 472 g/mol. The van der Waals surface area contributed by atoms with Gasteiger partial charge in [0.2, 0.25) is 11.0 Å². The lowest BCUT2D eigenvalue weighted by Gasteiger charge is -2.09. The van der Waals surface area contributed by atoms with Crippen LogP contribution >= 0.6 is 11.3 Å². The molecule has 33 heavy (non-hydrogen) atoms. The summed E-state index contributed by atoms with van der Waals surface area (Å²) < 4.78 is 38.9. The van der Waals surface area contributed by atoms with Crippen LogP contribution < -0.4 is 10.6 Å². The number of alkyl halides is 3. The van der Waals surface area contributed by atoms with E-state index in [1.807, 2.05) is 28.8 Å². The third-order valence-electron chi connectivity index (χ3n) is 5.17. The summed E-state index contributed by atoms with van der Waals surface area (Å²) in [6.45, 7) is 0. The Bertz CT molecular complexity index is 1310. The summed E-state index contributed by atoms with van der Waals surface area (Å²) in [6, 6.07) is 11.3. The third kappa shape index (κ3) is 5.14. The molecule has 1 aliphatic rings. The van der Waals surface area contributed by atoms with Crippen LogP contribution in [0.15, 0.2) is 48.8 Å². The first kappa shape index (κ1) is 21.4. The molecular formula is C22H19F3N6OS. The van der Waals surface area contributed by atoms with Crippen molar-refractivity contribution in [2.75, 3.05) is 10.6 Å². The molecule has 0 radical (unpaired) electrons. The van der Waals surface area contributed by atoms with E-state index in [0.29, 0.717) is 17.4 Å². The van der Waals surface area contributed by atoms with Gasteiger partial charge in [0.1, 0.15) is 10.7 Å². The molecule has 1 aromatic carbocycles. The zero-order chi connectivity index (χ0) is 23.0. The Morgan fingerprint density at radius 3 is 2.79 bits per heavy atom. The van der Waals surface area contributed by atoms with E-state index in [9.17, 15) is 18.0 Å². The summed E-state index contributed by atoms with van der Waals surface area (Å²) in [5.74, 6) is -0.681. The van der Waals surface area contributed by atoms with Crippen LogP contribution in [0.4, 0.5) is 24.0 Å². The fourth-order valence-electron chi connectivity index (χ4n) is 3.36. The molecule has 4 aromatic rings. The van der Waals surface area contributed by atoms with E-state index in [-0.39, 0.29) is 0 Å². The van der Waals surface area contributed by atoms with Crippen LogP contribution in [0.2, 0.25) is 0 Å². The van der Waals surface area contributed by atoms with Crippen molar-refractivity contribution in [2.24, 2.45) is 0 Å². The Morgan fingerprint density at radius 2 is 2.00 bits per heavy atom. The van der Waals surface area contributed by atoms with Crippen LogP contribution in [0, 0.1) is 0 Å². The van der Waals surface area contributed by atoms with Crippen LogP contribution in [-0.4, -0.2) is 37.7 Å². The van der Waals surface area contributed by atoms with Crippen LogP contribution in [0.5, 0.6) is 0 Å². The van der Waals surface area contributed by atoms with E-state index in [1.54, 1.807) is 24.4 Å². The number of carbonyl (C=O) groups is 1. The molecule has 5 rings (SSSR count). The van der Waals surface area contributed by atoms with Crippen molar-refractivity contribution in [1.82, 2.24) is 19.6 Å². The molecule has 0 bridgehead atoms. The van der Waals surface area contributed by atoms with Gasteiger partial charge in [-0.2, -0.15) is 13.2 Å². The molecule has 7 nitrogen and oxygen atoms in total. The quantitative estimate of drug-likeness (QED) is 0.378. The molecule has 0 spiro atoms. The molecule has 0 aliphatic heterocycles. The Morgan fingerprint density at radius 1 is 1.15 bits per heavy atom. The van der Waals surface area contributed by atoms with E-state index in [0.717, 1.165) is 39.8 Å². The fraction of sp³-hybridized carbons (Fsp3) is 0.273. The normalized spacial score (nSPS) is 13.9. The van der Waals surface area contributed by atoms with Gasteiger partial charge in [-0.25, -0.2) is 4.98 Å². The Hall–Kier alpha value is -3.47. The lowest BCUT2D eigenvalue weighted by Crippen LogP contribution is -2.16. The number of hydrogen-bond acceptors (Lipinski definition) is 6. The highest BCUT2D eigenvalue weighted by Gasteiger charge is 2.28. The smallest absolute Gasteiger partial charge is 0.357 e. The minimum absolute atomic E-state index is 0.427. The molecule has 0 unspecified atom stereocenters. The molecule has 170 valence electrons. The standard InChI is InChI=1S/C22H19F3N6OS/c23-22(24,25)8-6-19(32)27-16-3-1-2-13(10-16)17-12-26-18-11-14(7-9-31(17)18)20-29-30-21(33-20)28-15-4-5-15/h1-3,7,9-12,15H,4-6,8H2,(H,27,32)(H,28,30). The van der Waals surface area contributed by atoms with Crippen LogP contribution in [0.25, 0.3) is 27.5 Å². The summed E-state index contributed by atoms with van der Waals surface area (Å²) in [5.41, 5.74) is 3.61. The maximum atomic E-state index is 12.3. The Balaban J connectivity index is 1.34. The number of benzene rings is 1. The number of anilines is 2. The SMILES string of the molecule is O=C(CCC(F)(F)F)Nc1cccc(-c2cnc3cc(-c4nnc(NC5CC5)s4)ccn23)c1. The summed E-state index contributed by atoms with van der Waals surface area (Å²) in [5, 5.41) is 15.9. The van der Waals surface area contributed by atoms with Gasteiger partial charge in [-0.15, -0.1) is 10.2 Å². The predicted molar refractivity (Wildman–Crippen MR) is 120 cm³/mol. The van der Waals surface area contributed by atoms with Gasteiger partial charge < -0.3 is 10.6 Å². The first-order valence-corrected chi connectivity index (χ1v) is 11.2. The number of aromatic nitrogens is 4. The summed E-state index contributed by atoms with van der Waals surface area (Å²) in [7, 11) is 0. The van der Waals surface area contributed by atoms with Gasteiger partial charge in [0.25, 0.3) is 0 Å². The summed E-state index contributed by atoms with van der Waals surface area (Å²) >= 11 is 1.50. The lowest BCUT2D eigenvalue weighted by molar-refractivity contribution is -0.142. The minimum atomic E-state index is -4.36. The molecule has 11 heteroatoms. The fourth-order valence-corrected chi connectivity index (χ4v) is 4.18. The number of rotatable bonds is 7. The molecule has 3 heterocycles. The molecule has 0 saturated heterocycles. The highest BCUT2D eigenvalue weighted by Crippen LogP contribution is 2.32. The number of pyridine rings is 1. The highest BCUT2D eigenvalue weighted by atomic mass is 32.1. The van der Waals surface area contributed by atoms with E-state index in [2.05, 4.69) is 25.8 Å². The van der Waals surface area contributed by atoms with E-state index in [4.69, 9.17) is 0 Å². The Labute approximate surface area is 190 Å². The molecule has 1 fully saturated rings. The van der Waals surface area contributed by atoms with Crippen molar-refractivity contribution in [3.05, 3.63) is 48.8 Å². The summed E-state index contributed by atoms with van der Waals surface area (Å²) in [6.07, 6.45) is -0.206. The highest BCUT2D eigenvalue weighted by molar-refractivity contribution is 7.18. The van der Waals surface area contributed by atoms with E-state index < -0.39 is 24.9 Å². The molecule has 1 amide bonds. The van der Waals surface area contributed by atoms with Gasteiger partial charge in [0.15, 0.2) is 0 Å². The van der Waals surface area contributed by atoms with Gasteiger partial charge in [-0.1, -0.05) is 23.5 Å². The van der Waals surface area contributed by atoms with Gasteiger partial charge >= 0.3 is 6.18 Å². The van der Waals surface area contributed by atoms with Crippen molar-refractivity contribution >= 4 is 33.7 Å². The number of nitrogens with zero attached hydrogens (tertiary/aromatic N) is 4. The van der Waals surface area contributed by atoms with Gasteiger partial charge in [-0.3, -0.25) is 9.20 Å². The zero-order valence-corrected chi connectivity index (χ0v) is 18.1. The van der Waals surface area contributed by atoms with Crippen molar-refractivity contribution in [3.8, 4) is 21.8 Å². The van der Waals surface area contributed by atoms with Crippen molar-refractivity contribution in [2.45, 2.75) is 37.9 Å². The number of carbonyl (C=O) groups excluding carboxylic acids is 1. The number of hydrogen-bond donors (Lipinski definition) is 2. The van der Waals surface area contributed by atoms with Gasteiger partial charge in [0, 0.05) is 35.5 Å². The predicted octanol–water partition coefficient (Wildman–Crippen LogP) is 5.38. The van der Waals surface area contributed by atoms with Crippen molar-refractivity contribution in [3.63, 3.8) is 0 Å². The van der Waals surface area contributed by atoms with Crippen LogP contribution in [0.3, 0.4) is 0 Å². The minimum Gasteiger partial charge on any atom is -0.357 e. The second kappa shape index (κ2) is 8.47. The number of halogens is 3. The molecule has 1 aliphatic carbocycles.